The Morgan fingerprint density at radius 1 is 1.22 bits per heavy atom. The van der Waals surface area contributed by atoms with E-state index in [-0.39, 0.29) is 6.61 Å². The summed E-state index contributed by atoms with van der Waals surface area (Å²) < 4.78 is 5.67. The summed E-state index contributed by atoms with van der Waals surface area (Å²) in [6.07, 6.45) is 0.818. The summed E-state index contributed by atoms with van der Waals surface area (Å²) >= 11 is 0. The Labute approximate surface area is 109 Å². The van der Waals surface area contributed by atoms with E-state index in [1.165, 1.54) is 0 Å². The van der Waals surface area contributed by atoms with Gasteiger partial charge in [0.15, 0.2) is 0 Å². The van der Waals surface area contributed by atoms with Crippen LogP contribution in [0.2, 0.25) is 0 Å². The summed E-state index contributed by atoms with van der Waals surface area (Å²) in [4.78, 5) is 2.27. The van der Waals surface area contributed by atoms with Gasteiger partial charge >= 0.3 is 0 Å². The molecule has 3 N–H and O–H groups in total. The normalized spacial score (nSPS) is 10.9. The zero-order valence-electron chi connectivity index (χ0n) is 11.1. The third kappa shape index (κ3) is 5.49. The largest absolute Gasteiger partial charge is 0.492 e. The predicted molar refractivity (Wildman–Crippen MR) is 73.6 cm³/mol. The zero-order valence-corrected chi connectivity index (χ0v) is 11.1. The topological polar surface area (TPSA) is 58.7 Å². The van der Waals surface area contributed by atoms with E-state index >= 15 is 0 Å². The molecule has 0 bridgehead atoms. The highest BCUT2D eigenvalue weighted by Crippen LogP contribution is 2.11. The fourth-order valence-electron chi connectivity index (χ4n) is 1.74. The molecule has 0 aliphatic carbocycles. The second-order valence-electron chi connectivity index (χ2n) is 4.21. The molecule has 0 heterocycles. The fourth-order valence-corrected chi connectivity index (χ4v) is 1.74. The molecule has 1 aromatic rings. The molecule has 0 aliphatic heterocycles. The number of likely N-dealkylation sites (N-methyl/N-ethyl adjacent to an activating group) is 1. The van der Waals surface area contributed by atoms with Crippen LogP contribution in [0.1, 0.15) is 18.9 Å². The van der Waals surface area contributed by atoms with Gasteiger partial charge in [-0.3, -0.25) is 0 Å². The number of benzene rings is 1. The summed E-state index contributed by atoms with van der Waals surface area (Å²) in [6.45, 7) is 6.38. The lowest BCUT2D eigenvalue weighted by molar-refractivity contribution is 0.195. The minimum Gasteiger partial charge on any atom is -0.492 e. The molecule has 1 aromatic carbocycles. The van der Waals surface area contributed by atoms with Crippen molar-refractivity contribution in [2.75, 3.05) is 32.8 Å². The van der Waals surface area contributed by atoms with Gasteiger partial charge in [0, 0.05) is 26.2 Å². The summed E-state index contributed by atoms with van der Waals surface area (Å²) in [5.74, 6) is 0.880. The van der Waals surface area contributed by atoms with Crippen molar-refractivity contribution in [2.45, 2.75) is 19.9 Å². The van der Waals surface area contributed by atoms with Gasteiger partial charge in [0.05, 0.1) is 0 Å². The van der Waals surface area contributed by atoms with Gasteiger partial charge in [0.25, 0.3) is 0 Å². The molecule has 0 unspecified atom stereocenters. The molecule has 0 saturated heterocycles. The van der Waals surface area contributed by atoms with E-state index in [4.69, 9.17) is 15.6 Å². The number of hydrogen-bond acceptors (Lipinski definition) is 4. The Morgan fingerprint density at radius 2 is 1.94 bits per heavy atom. The highest BCUT2D eigenvalue weighted by Gasteiger charge is 2.02. The standard InChI is InChI=1S/C14H24N2O2/c1-2-16(8-3-10-17)9-11-18-14-6-4-13(12-15)5-7-14/h4-7,17H,2-3,8-12,15H2,1H3. The van der Waals surface area contributed by atoms with Crippen molar-refractivity contribution in [3.8, 4) is 5.75 Å². The van der Waals surface area contributed by atoms with Crippen molar-refractivity contribution in [2.24, 2.45) is 5.73 Å². The van der Waals surface area contributed by atoms with Gasteiger partial charge in [0.1, 0.15) is 12.4 Å². The molecule has 0 spiro atoms. The van der Waals surface area contributed by atoms with E-state index in [0.717, 1.165) is 37.4 Å². The maximum Gasteiger partial charge on any atom is 0.119 e. The minimum atomic E-state index is 0.248. The summed E-state index contributed by atoms with van der Waals surface area (Å²) in [5, 5.41) is 8.80. The number of nitrogens with two attached hydrogens (primary N) is 1. The molecule has 0 amide bonds. The lowest BCUT2D eigenvalue weighted by atomic mass is 10.2. The fraction of sp³-hybridized carbons (Fsp3) is 0.571. The van der Waals surface area contributed by atoms with Gasteiger partial charge in [-0.1, -0.05) is 19.1 Å². The van der Waals surface area contributed by atoms with Crippen LogP contribution in [0.5, 0.6) is 5.75 Å². The molecule has 0 radical (unpaired) electrons. The Balaban J connectivity index is 2.26. The average molecular weight is 252 g/mol. The van der Waals surface area contributed by atoms with Crippen molar-refractivity contribution in [3.63, 3.8) is 0 Å². The lowest BCUT2D eigenvalue weighted by Gasteiger charge is -2.19. The van der Waals surface area contributed by atoms with Crippen LogP contribution in [0.4, 0.5) is 0 Å². The third-order valence-electron chi connectivity index (χ3n) is 2.91. The molecule has 4 heteroatoms. The van der Waals surface area contributed by atoms with E-state index in [1.54, 1.807) is 0 Å². The number of aliphatic hydroxyl groups is 1. The van der Waals surface area contributed by atoms with Gasteiger partial charge in [-0.2, -0.15) is 0 Å². The van der Waals surface area contributed by atoms with E-state index < -0.39 is 0 Å². The predicted octanol–water partition coefficient (Wildman–Crippen LogP) is 1.23. The van der Waals surface area contributed by atoms with Gasteiger partial charge in [0.2, 0.25) is 0 Å². The van der Waals surface area contributed by atoms with Crippen molar-refractivity contribution in [1.29, 1.82) is 0 Å². The number of aliphatic hydroxyl groups excluding tert-OH is 1. The molecule has 0 aromatic heterocycles. The lowest BCUT2D eigenvalue weighted by Crippen LogP contribution is -2.29. The van der Waals surface area contributed by atoms with Gasteiger partial charge in [-0.25, -0.2) is 0 Å². The van der Waals surface area contributed by atoms with Gasteiger partial charge in [-0.15, -0.1) is 0 Å². The number of hydrogen-bond donors (Lipinski definition) is 2. The molecule has 0 atom stereocenters. The van der Waals surface area contributed by atoms with Crippen LogP contribution >= 0.6 is 0 Å². The monoisotopic (exact) mass is 252 g/mol. The summed E-state index contributed by atoms with van der Waals surface area (Å²) in [6, 6.07) is 7.87. The van der Waals surface area contributed by atoms with Crippen molar-refractivity contribution >= 4 is 0 Å². The smallest absolute Gasteiger partial charge is 0.119 e. The molecular formula is C14H24N2O2. The highest BCUT2D eigenvalue weighted by molar-refractivity contribution is 5.27. The first-order chi connectivity index (χ1) is 8.80. The number of nitrogens with zero attached hydrogens (tertiary/aromatic N) is 1. The summed E-state index contributed by atoms with van der Waals surface area (Å²) in [5.41, 5.74) is 6.65. The van der Waals surface area contributed by atoms with Crippen LogP contribution in [0, 0.1) is 0 Å². The number of rotatable bonds is 9. The van der Waals surface area contributed by atoms with E-state index in [0.29, 0.717) is 13.2 Å². The first-order valence-corrected chi connectivity index (χ1v) is 6.55. The first-order valence-electron chi connectivity index (χ1n) is 6.55. The maximum atomic E-state index is 8.80. The van der Waals surface area contributed by atoms with Crippen molar-refractivity contribution < 1.29 is 9.84 Å². The van der Waals surface area contributed by atoms with Crippen LogP contribution in [-0.2, 0) is 6.54 Å². The van der Waals surface area contributed by atoms with Crippen LogP contribution in [0.15, 0.2) is 24.3 Å². The average Bonchev–Trinajstić information content (AvgIpc) is 2.43. The van der Waals surface area contributed by atoms with Crippen LogP contribution in [0.25, 0.3) is 0 Å². The third-order valence-corrected chi connectivity index (χ3v) is 2.91. The van der Waals surface area contributed by atoms with Gasteiger partial charge < -0.3 is 20.5 Å². The first kappa shape index (κ1) is 15.0. The molecule has 0 saturated carbocycles. The van der Waals surface area contributed by atoms with E-state index in [9.17, 15) is 0 Å². The molecule has 0 aliphatic rings. The molecule has 4 nitrogen and oxygen atoms in total. The molecule has 0 fully saturated rings. The van der Waals surface area contributed by atoms with Crippen LogP contribution < -0.4 is 10.5 Å². The van der Waals surface area contributed by atoms with E-state index in [1.807, 2.05) is 24.3 Å². The Kier molecular flexibility index (Phi) is 7.41. The maximum absolute atomic E-state index is 8.80. The zero-order chi connectivity index (χ0) is 13.2. The van der Waals surface area contributed by atoms with Crippen LogP contribution in [-0.4, -0.2) is 42.9 Å². The molecule has 18 heavy (non-hydrogen) atoms. The Bertz CT molecular complexity index is 314. The molecular weight excluding hydrogens is 228 g/mol. The molecule has 1 rings (SSSR count). The summed E-state index contributed by atoms with van der Waals surface area (Å²) in [7, 11) is 0. The van der Waals surface area contributed by atoms with Crippen molar-refractivity contribution in [3.05, 3.63) is 29.8 Å². The second kappa shape index (κ2) is 8.91. The van der Waals surface area contributed by atoms with Gasteiger partial charge in [-0.05, 0) is 30.7 Å². The van der Waals surface area contributed by atoms with Crippen molar-refractivity contribution in [1.82, 2.24) is 4.90 Å². The van der Waals surface area contributed by atoms with Crippen LogP contribution in [0.3, 0.4) is 0 Å². The Morgan fingerprint density at radius 3 is 2.50 bits per heavy atom. The Hall–Kier alpha value is -1.10. The number of ether oxygens (including phenoxy) is 1. The van der Waals surface area contributed by atoms with E-state index in [2.05, 4.69) is 11.8 Å². The SMILES string of the molecule is CCN(CCCO)CCOc1ccc(CN)cc1. The quantitative estimate of drug-likeness (QED) is 0.694. The minimum absolute atomic E-state index is 0.248. The molecule has 102 valence electrons. The highest BCUT2D eigenvalue weighted by atomic mass is 16.5. The second-order valence-corrected chi connectivity index (χ2v) is 4.21.